The van der Waals surface area contributed by atoms with Gasteiger partial charge in [0.25, 0.3) is 0 Å². The van der Waals surface area contributed by atoms with Crippen LogP contribution in [0.5, 0.6) is 5.75 Å². The van der Waals surface area contributed by atoms with Crippen molar-refractivity contribution in [1.82, 2.24) is 0 Å². The Morgan fingerprint density at radius 1 is 1.00 bits per heavy atom. The van der Waals surface area contributed by atoms with E-state index in [0.29, 0.717) is 9.84 Å². The summed E-state index contributed by atoms with van der Waals surface area (Å²) in [5, 5.41) is 0. The van der Waals surface area contributed by atoms with E-state index in [1.54, 1.807) is 7.11 Å². The van der Waals surface area contributed by atoms with Crippen LogP contribution >= 0.6 is 22.6 Å². The van der Waals surface area contributed by atoms with Gasteiger partial charge in [-0.25, -0.2) is 0 Å². The van der Waals surface area contributed by atoms with Crippen LogP contribution in [-0.4, -0.2) is 11.0 Å². The van der Waals surface area contributed by atoms with Crippen LogP contribution in [0.4, 0.5) is 0 Å². The second-order valence-corrected chi connectivity index (χ2v) is 6.68. The lowest BCUT2D eigenvalue weighted by Crippen LogP contribution is -2.23. The van der Waals surface area contributed by atoms with Crippen LogP contribution in [-0.2, 0) is 12.8 Å². The molecule has 1 aliphatic carbocycles. The molecule has 2 aromatic carbocycles. The molecule has 2 heteroatoms. The van der Waals surface area contributed by atoms with Crippen LogP contribution in [0.1, 0.15) is 22.6 Å². The first-order valence-corrected chi connectivity index (χ1v) is 7.87. The van der Waals surface area contributed by atoms with Crippen molar-refractivity contribution in [2.75, 3.05) is 7.11 Å². The van der Waals surface area contributed by atoms with E-state index in [4.69, 9.17) is 4.74 Å². The number of halogens is 1. The summed E-state index contributed by atoms with van der Waals surface area (Å²) >= 11 is 2.60. The van der Waals surface area contributed by atoms with Gasteiger partial charge in [0.2, 0.25) is 0 Å². The maximum absolute atomic E-state index is 5.32. The lowest BCUT2D eigenvalue weighted by atomic mass is 9.80. The highest BCUT2D eigenvalue weighted by Crippen LogP contribution is 2.38. The minimum atomic E-state index is 0.627. The fraction of sp³-hybridized carbons (Fsp3) is 0.294. The summed E-state index contributed by atoms with van der Waals surface area (Å²) in [4.78, 5) is 0. The predicted molar refractivity (Wildman–Crippen MR) is 87.4 cm³/mol. The van der Waals surface area contributed by atoms with Gasteiger partial charge in [0.1, 0.15) is 5.75 Å². The highest BCUT2D eigenvalue weighted by molar-refractivity contribution is 14.1. The first-order chi connectivity index (χ1) is 9.28. The van der Waals surface area contributed by atoms with Crippen molar-refractivity contribution in [2.24, 2.45) is 0 Å². The van der Waals surface area contributed by atoms with E-state index in [1.165, 1.54) is 16.7 Å². The number of hydrogen-bond acceptors (Lipinski definition) is 1. The van der Waals surface area contributed by atoms with Gasteiger partial charge in [-0.1, -0.05) is 59.0 Å². The summed E-state index contributed by atoms with van der Waals surface area (Å²) in [7, 11) is 1.73. The summed E-state index contributed by atoms with van der Waals surface area (Å²) in [6.45, 7) is 0. The molecule has 19 heavy (non-hydrogen) atoms. The second-order valence-electron chi connectivity index (χ2n) is 5.08. The molecule has 2 unspecified atom stereocenters. The second kappa shape index (κ2) is 5.53. The lowest BCUT2D eigenvalue weighted by molar-refractivity contribution is 0.413. The fourth-order valence-corrected chi connectivity index (χ4v) is 4.01. The zero-order valence-electron chi connectivity index (χ0n) is 11.0. The molecule has 0 aromatic heterocycles. The highest BCUT2D eigenvalue weighted by atomic mass is 127. The molecule has 0 fully saturated rings. The highest BCUT2D eigenvalue weighted by Gasteiger charge is 2.27. The third kappa shape index (κ3) is 2.64. The molecule has 0 bridgehead atoms. The molecule has 0 N–H and O–H groups in total. The minimum absolute atomic E-state index is 0.627. The molecule has 1 nitrogen and oxygen atoms in total. The molecule has 0 heterocycles. The topological polar surface area (TPSA) is 9.23 Å². The number of benzene rings is 2. The number of hydrogen-bond donors (Lipinski definition) is 0. The van der Waals surface area contributed by atoms with Crippen molar-refractivity contribution < 1.29 is 4.74 Å². The van der Waals surface area contributed by atoms with Crippen molar-refractivity contribution in [3.8, 4) is 5.75 Å². The van der Waals surface area contributed by atoms with Crippen LogP contribution in [0.3, 0.4) is 0 Å². The largest absolute Gasteiger partial charge is 0.497 e. The van der Waals surface area contributed by atoms with Gasteiger partial charge in [0.05, 0.1) is 7.11 Å². The van der Waals surface area contributed by atoms with E-state index < -0.39 is 0 Å². The van der Waals surface area contributed by atoms with Crippen molar-refractivity contribution in [2.45, 2.75) is 22.7 Å². The summed E-state index contributed by atoms with van der Waals surface area (Å²) < 4.78 is 5.98. The zero-order valence-corrected chi connectivity index (χ0v) is 13.1. The maximum Gasteiger partial charge on any atom is 0.119 e. The van der Waals surface area contributed by atoms with Gasteiger partial charge < -0.3 is 4.74 Å². The standard InChI is InChI=1S/C17H17IO/c1-19-15-8-7-13-10-16(12-5-3-2-4-6-12)17(18)11-14(13)9-15/h2-9,16-17H,10-11H2,1H3. The van der Waals surface area contributed by atoms with Gasteiger partial charge in [-0.05, 0) is 41.7 Å². The molecule has 0 spiro atoms. The van der Waals surface area contributed by atoms with Gasteiger partial charge in [-0.2, -0.15) is 0 Å². The van der Waals surface area contributed by atoms with Crippen LogP contribution in [0.15, 0.2) is 48.5 Å². The monoisotopic (exact) mass is 364 g/mol. The molecule has 0 saturated carbocycles. The molecule has 3 rings (SSSR count). The zero-order chi connectivity index (χ0) is 13.2. The molecule has 1 aliphatic rings. The van der Waals surface area contributed by atoms with Crippen LogP contribution < -0.4 is 4.74 Å². The van der Waals surface area contributed by atoms with Crippen LogP contribution in [0.25, 0.3) is 0 Å². The molecular weight excluding hydrogens is 347 g/mol. The van der Waals surface area contributed by atoms with E-state index >= 15 is 0 Å². The predicted octanol–water partition coefficient (Wildman–Crippen LogP) is 4.38. The van der Waals surface area contributed by atoms with Crippen LogP contribution in [0, 0.1) is 0 Å². The first-order valence-electron chi connectivity index (χ1n) is 6.62. The maximum atomic E-state index is 5.32. The average Bonchev–Trinajstić information content (AvgIpc) is 2.47. The molecule has 0 saturated heterocycles. The molecule has 0 radical (unpaired) electrons. The lowest BCUT2D eigenvalue weighted by Gasteiger charge is -2.30. The van der Waals surface area contributed by atoms with E-state index in [1.807, 2.05) is 0 Å². The molecule has 98 valence electrons. The van der Waals surface area contributed by atoms with Gasteiger partial charge in [0, 0.05) is 9.84 Å². The quantitative estimate of drug-likeness (QED) is 0.568. The fourth-order valence-electron chi connectivity index (χ4n) is 2.86. The number of alkyl halides is 1. The Morgan fingerprint density at radius 3 is 2.53 bits per heavy atom. The Kier molecular flexibility index (Phi) is 3.78. The van der Waals surface area contributed by atoms with E-state index in [2.05, 4.69) is 71.1 Å². The SMILES string of the molecule is COc1ccc2c(c1)CC(I)C(c1ccccc1)C2. The van der Waals surface area contributed by atoms with Crippen LogP contribution in [0.2, 0.25) is 0 Å². The van der Waals surface area contributed by atoms with E-state index in [-0.39, 0.29) is 0 Å². The van der Waals surface area contributed by atoms with Crippen molar-refractivity contribution in [3.63, 3.8) is 0 Å². The Morgan fingerprint density at radius 2 is 1.79 bits per heavy atom. The summed E-state index contributed by atoms with van der Waals surface area (Å²) in [5.74, 6) is 1.60. The summed E-state index contributed by atoms with van der Waals surface area (Å²) in [6, 6.07) is 17.4. The Balaban J connectivity index is 1.92. The van der Waals surface area contributed by atoms with Crippen molar-refractivity contribution in [1.29, 1.82) is 0 Å². The van der Waals surface area contributed by atoms with Gasteiger partial charge in [-0.3, -0.25) is 0 Å². The number of methoxy groups -OCH3 is 1. The molecular formula is C17H17IO. The molecule has 2 aromatic rings. The minimum Gasteiger partial charge on any atom is -0.497 e. The van der Waals surface area contributed by atoms with Crippen molar-refractivity contribution >= 4 is 22.6 Å². The summed E-state index contributed by atoms with van der Waals surface area (Å²) in [5.41, 5.74) is 4.39. The third-order valence-corrected chi connectivity index (χ3v) is 5.24. The van der Waals surface area contributed by atoms with E-state index in [0.717, 1.165) is 18.6 Å². The average molecular weight is 364 g/mol. The van der Waals surface area contributed by atoms with Gasteiger partial charge in [-0.15, -0.1) is 0 Å². The summed E-state index contributed by atoms with van der Waals surface area (Å²) in [6.07, 6.45) is 2.27. The Bertz CT molecular complexity index is 565. The third-order valence-electron chi connectivity index (χ3n) is 3.93. The van der Waals surface area contributed by atoms with Gasteiger partial charge in [0.15, 0.2) is 0 Å². The number of rotatable bonds is 2. The first kappa shape index (κ1) is 13.0. The van der Waals surface area contributed by atoms with E-state index in [9.17, 15) is 0 Å². The molecule has 0 aliphatic heterocycles. The molecule has 0 amide bonds. The van der Waals surface area contributed by atoms with Crippen molar-refractivity contribution in [3.05, 3.63) is 65.2 Å². The smallest absolute Gasteiger partial charge is 0.119 e. The Hall–Kier alpha value is -1.03. The number of ether oxygens (including phenoxy) is 1. The molecule has 2 atom stereocenters. The Labute approximate surface area is 128 Å². The van der Waals surface area contributed by atoms with Gasteiger partial charge >= 0.3 is 0 Å². The normalized spacial score (nSPS) is 21.8. The number of fused-ring (bicyclic) bond motifs is 1.